The molecule has 0 aliphatic carbocycles. The SMILES string of the molecule is CCOC(=O)c1nnc(Sc2ccc(Br)c(C)n2)o1. The number of aryl methyl sites for hydroxylation is 1. The van der Waals surface area contributed by atoms with Gasteiger partial charge in [0, 0.05) is 4.47 Å². The molecule has 0 amide bonds. The molecule has 2 aromatic rings. The summed E-state index contributed by atoms with van der Waals surface area (Å²) in [6, 6.07) is 3.70. The minimum atomic E-state index is -0.623. The number of ether oxygens (including phenoxy) is 1. The van der Waals surface area contributed by atoms with E-state index in [0.717, 1.165) is 10.2 Å². The zero-order valence-corrected chi connectivity index (χ0v) is 12.6. The van der Waals surface area contributed by atoms with Crippen molar-refractivity contribution in [2.24, 2.45) is 0 Å². The van der Waals surface area contributed by atoms with Crippen molar-refractivity contribution in [3.05, 3.63) is 28.2 Å². The Kier molecular flexibility index (Phi) is 4.54. The number of nitrogens with zero attached hydrogens (tertiary/aromatic N) is 3. The molecule has 2 heterocycles. The average Bonchev–Trinajstić information content (AvgIpc) is 2.83. The highest BCUT2D eigenvalue weighted by Gasteiger charge is 2.16. The van der Waals surface area contributed by atoms with E-state index in [1.54, 1.807) is 6.92 Å². The summed E-state index contributed by atoms with van der Waals surface area (Å²) in [5.74, 6) is -0.778. The predicted molar refractivity (Wildman–Crippen MR) is 71.1 cm³/mol. The molecule has 2 aromatic heterocycles. The standard InChI is InChI=1S/C11H10BrN3O3S/c1-3-17-10(16)9-14-15-11(18-9)19-8-5-4-7(12)6(2)13-8/h4-5H,3H2,1-2H3. The highest BCUT2D eigenvalue weighted by atomic mass is 79.9. The Morgan fingerprint density at radius 2 is 2.26 bits per heavy atom. The van der Waals surface area contributed by atoms with Crippen LogP contribution in [0.1, 0.15) is 23.3 Å². The second kappa shape index (κ2) is 6.16. The zero-order chi connectivity index (χ0) is 13.8. The van der Waals surface area contributed by atoms with E-state index < -0.39 is 5.97 Å². The zero-order valence-electron chi connectivity index (χ0n) is 10.2. The summed E-state index contributed by atoms with van der Waals surface area (Å²) in [7, 11) is 0. The number of carbonyl (C=O) groups excluding carboxylic acids is 1. The Hall–Kier alpha value is -1.41. The number of aromatic nitrogens is 3. The van der Waals surface area contributed by atoms with Crippen molar-refractivity contribution in [2.45, 2.75) is 24.1 Å². The molecule has 0 radical (unpaired) electrons. The molecule has 0 bridgehead atoms. The van der Waals surface area contributed by atoms with Gasteiger partial charge in [0.15, 0.2) is 0 Å². The highest BCUT2D eigenvalue weighted by Crippen LogP contribution is 2.26. The van der Waals surface area contributed by atoms with E-state index in [9.17, 15) is 4.79 Å². The van der Waals surface area contributed by atoms with Gasteiger partial charge in [-0.2, -0.15) is 0 Å². The van der Waals surface area contributed by atoms with E-state index in [4.69, 9.17) is 9.15 Å². The molecule has 0 aromatic carbocycles. The molecule has 0 aliphatic rings. The lowest BCUT2D eigenvalue weighted by Crippen LogP contribution is -2.04. The third kappa shape index (κ3) is 3.54. The molecule has 19 heavy (non-hydrogen) atoms. The van der Waals surface area contributed by atoms with Crippen LogP contribution in [0.15, 0.2) is 31.3 Å². The van der Waals surface area contributed by atoms with Crippen molar-refractivity contribution in [1.82, 2.24) is 15.2 Å². The van der Waals surface area contributed by atoms with Crippen LogP contribution in [0.2, 0.25) is 0 Å². The number of pyridine rings is 1. The van der Waals surface area contributed by atoms with Crippen molar-refractivity contribution in [1.29, 1.82) is 0 Å². The van der Waals surface area contributed by atoms with E-state index in [1.165, 1.54) is 11.8 Å². The summed E-state index contributed by atoms with van der Waals surface area (Å²) in [5, 5.41) is 8.34. The van der Waals surface area contributed by atoms with Crippen molar-refractivity contribution < 1.29 is 13.9 Å². The molecule has 0 atom stereocenters. The van der Waals surface area contributed by atoms with Crippen LogP contribution < -0.4 is 0 Å². The Balaban J connectivity index is 2.11. The van der Waals surface area contributed by atoms with Gasteiger partial charge in [0.2, 0.25) is 0 Å². The van der Waals surface area contributed by atoms with Crippen molar-refractivity contribution >= 4 is 33.7 Å². The van der Waals surface area contributed by atoms with Crippen LogP contribution in [0, 0.1) is 6.92 Å². The van der Waals surface area contributed by atoms with Gasteiger partial charge in [-0.05, 0) is 53.7 Å². The molecule has 0 N–H and O–H groups in total. The minimum Gasteiger partial charge on any atom is -0.459 e. The Labute approximate surface area is 122 Å². The lowest BCUT2D eigenvalue weighted by atomic mass is 10.4. The van der Waals surface area contributed by atoms with E-state index >= 15 is 0 Å². The molecule has 2 rings (SSSR count). The first-order valence-corrected chi connectivity index (χ1v) is 7.02. The molecule has 0 saturated heterocycles. The topological polar surface area (TPSA) is 78.1 Å². The average molecular weight is 344 g/mol. The first-order chi connectivity index (χ1) is 9.10. The van der Waals surface area contributed by atoms with Gasteiger partial charge >= 0.3 is 11.9 Å². The fourth-order valence-electron chi connectivity index (χ4n) is 1.19. The summed E-state index contributed by atoms with van der Waals surface area (Å²) >= 11 is 4.56. The molecule has 0 unspecified atom stereocenters. The molecule has 0 aliphatic heterocycles. The van der Waals surface area contributed by atoms with Crippen LogP contribution in [0.3, 0.4) is 0 Å². The maximum absolute atomic E-state index is 11.4. The van der Waals surface area contributed by atoms with Crippen LogP contribution in [0.25, 0.3) is 0 Å². The van der Waals surface area contributed by atoms with Crippen LogP contribution in [0.4, 0.5) is 0 Å². The molecule has 6 nitrogen and oxygen atoms in total. The monoisotopic (exact) mass is 343 g/mol. The molecule has 8 heteroatoms. The van der Waals surface area contributed by atoms with Crippen molar-refractivity contribution in [2.75, 3.05) is 6.61 Å². The number of carbonyl (C=O) groups is 1. The largest absolute Gasteiger partial charge is 0.459 e. The number of halogens is 1. The summed E-state index contributed by atoms with van der Waals surface area (Å²) in [6.07, 6.45) is 0. The van der Waals surface area contributed by atoms with Gasteiger partial charge in [-0.25, -0.2) is 9.78 Å². The molecule has 100 valence electrons. The quantitative estimate of drug-likeness (QED) is 0.789. The number of esters is 1. The van der Waals surface area contributed by atoms with Gasteiger partial charge in [-0.1, -0.05) is 5.10 Å². The normalized spacial score (nSPS) is 10.5. The Morgan fingerprint density at radius 1 is 1.47 bits per heavy atom. The summed E-state index contributed by atoms with van der Waals surface area (Å²) in [4.78, 5) is 15.7. The third-order valence-corrected chi connectivity index (χ3v) is 3.66. The fourth-order valence-corrected chi connectivity index (χ4v) is 2.11. The molecule has 0 saturated carbocycles. The molecular formula is C11H10BrN3O3S. The van der Waals surface area contributed by atoms with Gasteiger partial charge < -0.3 is 9.15 Å². The predicted octanol–water partition coefficient (Wildman–Crippen LogP) is 2.86. The molecule has 0 spiro atoms. The summed E-state index contributed by atoms with van der Waals surface area (Å²) < 4.78 is 10.9. The summed E-state index contributed by atoms with van der Waals surface area (Å²) in [5.41, 5.74) is 0.857. The van der Waals surface area contributed by atoms with E-state index in [0.29, 0.717) is 5.03 Å². The van der Waals surface area contributed by atoms with Crippen molar-refractivity contribution in [3.8, 4) is 0 Å². The molecule has 0 fully saturated rings. The maximum Gasteiger partial charge on any atom is 0.396 e. The first kappa shape index (κ1) is 14.0. The van der Waals surface area contributed by atoms with Gasteiger partial charge in [-0.3, -0.25) is 0 Å². The number of rotatable bonds is 4. The smallest absolute Gasteiger partial charge is 0.396 e. The van der Waals surface area contributed by atoms with Gasteiger partial charge in [-0.15, -0.1) is 5.10 Å². The van der Waals surface area contributed by atoms with Crippen LogP contribution in [-0.4, -0.2) is 27.8 Å². The van der Waals surface area contributed by atoms with Gasteiger partial charge in [0.05, 0.1) is 12.3 Å². The fraction of sp³-hybridized carbons (Fsp3) is 0.273. The maximum atomic E-state index is 11.4. The highest BCUT2D eigenvalue weighted by molar-refractivity contribution is 9.10. The number of hydrogen-bond donors (Lipinski definition) is 0. The number of hydrogen-bond acceptors (Lipinski definition) is 7. The lowest BCUT2D eigenvalue weighted by molar-refractivity contribution is 0.0475. The van der Waals surface area contributed by atoms with Gasteiger partial charge in [0.25, 0.3) is 5.22 Å². The second-order valence-electron chi connectivity index (χ2n) is 3.41. The third-order valence-electron chi connectivity index (χ3n) is 2.04. The van der Waals surface area contributed by atoms with Crippen LogP contribution in [-0.2, 0) is 4.74 Å². The first-order valence-electron chi connectivity index (χ1n) is 5.41. The van der Waals surface area contributed by atoms with Crippen LogP contribution in [0.5, 0.6) is 0 Å². The Bertz CT molecular complexity index is 603. The lowest BCUT2D eigenvalue weighted by Gasteiger charge is -1.99. The van der Waals surface area contributed by atoms with Gasteiger partial charge in [0.1, 0.15) is 5.03 Å². The van der Waals surface area contributed by atoms with Crippen LogP contribution >= 0.6 is 27.7 Å². The van der Waals surface area contributed by atoms with E-state index in [2.05, 4.69) is 31.1 Å². The van der Waals surface area contributed by atoms with E-state index in [1.807, 2.05) is 19.1 Å². The van der Waals surface area contributed by atoms with E-state index in [-0.39, 0.29) is 17.7 Å². The second-order valence-corrected chi connectivity index (χ2v) is 5.24. The molecular weight excluding hydrogens is 334 g/mol. The Morgan fingerprint density at radius 3 is 2.95 bits per heavy atom. The minimum absolute atomic E-state index is 0.154. The summed E-state index contributed by atoms with van der Waals surface area (Å²) in [6.45, 7) is 3.85. The van der Waals surface area contributed by atoms with Crippen molar-refractivity contribution in [3.63, 3.8) is 0 Å².